The maximum absolute atomic E-state index is 10.9. The van der Waals surface area contributed by atoms with Crippen molar-refractivity contribution in [1.82, 2.24) is 4.57 Å². The van der Waals surface area contributed by atoms with E-state index < -0.39 is 0 Å². The lowest BCUT2D eigenvalue weighted by molar-refractivity contribution is 0.112. The van der Waals surface area contributed by atoms with Crippen molar-refractivity contribution in [1.29, 1.82) is 0 Å². The first-order chi connectivity index (χ1) is 7.07. The van der Waals surface area contributed by atoms with Gasteiger partial charge in [-0.3, -0.25) is 4.79 Å². The molecule has 1 heterocycles. The van der Waals surface area contributed by atoms with E-state index in [9.17, 15) is 4.79 Å². The van der Waals surface area contributed by atoms with Gasteiger partial charge in [0.2, 0.25) is 0 Å². The highest BCUT2D eigenvalue weighted by Crippen LogP contribution is 2.32. The molecule has 0 aliphatic carbocycles. The minimum Gasteiger partial charge on any atom is -0.334 e. The molecule has 1 aromatic carbocycles. The van der Waals surface area contributed by atoms with E-state index in [-0.39, 0.29) is 0 Å². The van der Waals surface area contributed by atoms with E-state index in [1.54, 1.807) is 10.6 Å². The number of hydrogen-bond acceptors (Lipinski definition) is 1. The second kappa shape index (κ2) is 3.54. The Labute approximate surface area is 97.4 Å². The molecule has 4 heteroatoms. The number of aromatic nitrogens is 1. The summed E-state index contributed by atoms with van der Waals surface area (Å²) < 4.78 is 1.78. The van der Waals surface area contributed by atoms with Gasteiger partial charge in [0, 0.05) is 17.5 Å². The van der Waals surface area contributed by atoms with Crippen LogP contribution in [0.2, 0.25) is 10.2 Å². The molecule has 0 radical (unpaired) electrons. The van der Waals surface area contributed by atoms with E-state index in [1.165, 1.54) is 0 Å². The Bertz CT molecular complexity index is 557. The SMILES string of the molecule is Cc1c(Cl)ccc2c(C=O)c(Cl)n(C)c12. The number of carbonyl (C=O) groups excluding carboxylic acids is 1. The first-order valence-electron chi connectivity index (χ1n) is 4.46. The highest BCUT2D eigenvalue weighted by molar-refractivity contribution is 6.35. The monoisotopic (exact) mass is 241 g/mol. The highest BCUT2D eigenvalue weighted by atomic mass is 35.5. The highest BCUT2D eigenvalue weighted by Gasteiger charge is 2.15. The van der Waals surface area contributed by atoms with Gasteiger partial charge in [0.15, 0.2) is 6.29 Å². The van der Waals surface area contributed by atoms with Gasteiger partial charge < -0.3 is 4.57 Å². The Morgan fingerprint density at radius 2 is 2.00 bits per heavy atom. The van der Waals surface area contributed by atoms with Gasteiger partial charge in [-0.05, 0) is 18.6 Å². The standard InChI is InChI=1S/C11H9Cl2NO/c1-6-9(12)4-3-7-8(5-15)11(13)14(2)10(6)7/h3-5H,1-2H3. The molecule has 0 amide bonds. The minimum absolute atomic E-state index is 0.449. The normalized spacial score (nSPS) is 10.9. The summed E-state index contributed by atoms with van der Waals surface area (Å²) in [5, 5.41) is 1.97. The molecule has 2 rings (SSSR count). The number of benzene rings is 1. The molecule has 2 nitrogen and oxygen atoms in total. The molecule has 0 unspecified atom stereocenters. The summed E-state index contributed by atoms with van der Waals surface area (Å²) in [5.41, 5.74) is 2.37. The smallest absolute Gasteiger partial charge is 0.153 e. The Kier molecular flexibility index (Phi) is 2.49. The fourth-order valence-corrected chi connectivity index (χ4v) is 2.21. The van der Waals surface area contributed by atoms with Crippen LogP contribution in [0.1, 0.15) is 15.9 Å². The number of aryl methyl sites for hydroxylation is 2. The number of fused-ring (bicyclic) bond motifs is 1. The third-order valence-corrected chi connectivity index (χ3v) is 3.49. The van der Waals surface area contributed by atoms with E-state index >= 15 is 0 Å². The van der Waals surface area contributed by atoms with Crippen molar-refractivity contribution < 1.29 is 4.79 Å². The van der Waals surface area contributed by atoms with Crippen molar-refractivity contribution in [2.75, 3.05) is 0 Å². The summed E-state index contributed by atoms with van der Waals surface area (Å²) in [5.74, 6) is 0. The average Bonchev–Trinajstić information content (AvgIpc) is 2.46. The van der Waals surface area contributed by atoms with Gasteiger partial charge in [-0.1, -0.05) is 29.3 Å². The molecule has 0 aliphatic heterocycles. The Morgan fingerprint density at radius 1 is 1.33 bits per heavy atom. The fourth-order valence-electron chi connectivity index (χ4n) is 1.83. The van der Waals surface area contributed by atoms with E-state index in [1.807, 2.05) is 20.0 Å². The summed E-state index contributed by atoms with van der Waals surface area (Å²) in [6, 6.07) is 3.60. The second-order valence-corrected chi connectivity index (χ2v) is 4.22. The Hall–Kier alpha value is -0.990. The quantitative estimate of drug-likeness (QED) is 0.700. The van der Waals surface area contributed by atoms with E-state index in [4.69, 9.17) is 23.2 Å². The maximum Gasteiger partial charge on any atom is 0.153 e. The van der Waals surface area contributed by atoms with Crippen LogP contribution in [0.15, 0.2) is 12.1 Å². The maximum atomic E-state index is 10.9. The molecule has 78 valence electrons. The first-order valence-corrected chi connectivity index (χ1v) is 5.21. The van der Waals surface area contributed by atoms with Gasteiger partial charge in [0.25, 0.3) is 0 Å². The van der Waals surface area contributed by atoms with Crippen LogP contribution in [0.25, 0.3) is 10.9 Å². The van der Waals surface area contributed by atoms with Crippen molar-refractivity contribution in [2.45, 2.75) is 6.92 Å². The Balaban J connectivity index is 3.03. The summed E-state index contributed by atoms with van der Waals surface area (Å²) in [7, 11) is 1.82. The zero-order valence-electron chi connectivity index (χ0n) is 8.34. The van der Waals surface area contributed by atoms with Crippen molar-refractivity contribution in [3.63, 3.8) is 0 Å². The van der Waals surface area contributed by atoms with Gasteiger partial charge in [0.1, 0.15) is 5.15 Å². The summed E-state index contributed by atoms with van der Waals surface area (Å²) in [6.07, 6.45) is 0.776. The molecule has 15 heavy (non-hydrogen) atoms. The number of aldehydes is 1. The summed E-state index contributed by atoms with van der Waals surface area (Å²) in [4.78, 5) is 10.9. The molecule has 0 N–H and O–H groups in total. The minimum atomic E-state index is 0.449. The predicted octanol–water partition coefficient (Wildman–Crippen LogP) is 3.61. The molecule has 1 aromatic heterocycles. The molecule has 2 aromatic rings. The first kappa shape index (κ1) is 10.5. The molecule has 0 bridgehead atoms. The van der Waals surface area contributed by atoms with Crippen LogP contribution < -0.4 is 0 Å². The number of halogens is 2. The van der Waals surface area contributed by atoms with Crippen LogP contribution >= 0.6 is 23.2 Å². The topological polar surface area (TPSA) is 22.0 Å². The zero-order chi connectivity index (χ0) is 11.2. The predicted molar refractivity (Wildman–Crippen MR) is 63.1 cm³/mol. The third-order valence-electron chi connectivity index (χ3n) is 2.63. The summed E-state index contributed by atoms with van der Waals surface area (Å²) in [6.45, 7) is 1.91. The van der Waals surface area contributed by atoms with Gasteiger partial charge in [0.05, 0.1) is 11.1 Å². The third kappa shape index (κ3) is 1.36. The van der Waals surface area contributed by atoms with Crippen molar-refractivity contribution in [2.24, 2.45) is 7.05 Å². The van der Waals surface area contributed by atoms with Crippen LogP contribution in [-0.4, -0.2) is 10.9 Å². The molecule has 0 atom stereocenters. The van der Waals surface area contributed by atoms with Gasteiger partial charge in [-0.2, -0.15) is 0 Å². The van der Waals surface area contributed by atoms with Crippen LogP contribution in [0.4, 0.5) is 0 Å². The summed E-state index contributed by atoms with van der Waals surface area (Å²) >= 11 is 12.1. The van der Waals surface area contributed by atoms with Crippen LogP contribution in [0, 0.1) is 6.92 Å². The molecular formula is C11H9Cl2NO. The second-order valence-electron chi connectivity index (χ2n) is 3.45. The molecular weight excluding hydrogens is 233 g/mol. The average molecular weight is 242 g/mol. The molecule has 0 spiro atoms. The number of hydrogen-bond donors (Lipinski definition) is 0. The van der Waals surface area contributed by atoms with Crippen LogP contribution in [-0.2, 0) is 7.05 Å². The van der Waals surface area contributed by atoms with E-state index in [2.05, 4.69) is 0 Å². The van der Waals surface area contributed by atoms with Gasteiger partial charge in [-0.25, -0.2) is 0 Å². The zero-order valence-corrected chi connectivity index (χ0v) is 9.86. The largest absolute Gasteiger partial charge is 0.334 e. The van der Waals surface area contributed by atoms with E-state index in [0.717, 1.165) is 22.8 Å². The van der Waals surface area contributed by atoms with Gasteiger partial charge >= 0.3 is 0 Å². The van der Waals surface area contributed by atoms with Crippen LogP contribution in [0.5, 0.6) is 0 Å². The van der Waals surface area contributed by atoms with E-state index in [0.29, 0.717) is 15.7 Å². The van der Waals surface area contributed by atoms with Crippen LogP contribution in [0.3, 0.4) is 0 Å². The molecule has 0 saturated carbocycles. The van der Waals surface area contributed by atoms with Crippen molar-refractivity contribution in [3.05, 3.63) is 33.4 Å². The number of rotatable bonds is 1. The molecule has 0 fully saturated rings. The van der Waals surface area contributed by atoms with Crippen molar-refractivity contribution in [3.8, 4) is 0 Å². The lowest BCUT2D eigenvalue weighted by Crippen LogP contribution is -1.89. The number of nitrogens with zero attached hydrogens (tertiary/aromatic N) is 1. The molecule has 0 aliphatic rings. The number of carbonyl (C=O) groups is 1. The van der Waals surface area contributed by atoms with Gasteiger partial charge in [-0.15, -0.1) is 0 Å². The fraction of sp³-hybridized carbons (Fsp3) is 0.182. The lowest BCUT2D eigenvalue weighted by Gasteiger charge is -2.03. The molecule has 0 saturated heterocycles. The van der Waals surface area contributed by atoms with Crippen molar-refractivity contribution >= 4 is 40.4 Å². The lowest BCUT2D eigenvalue weighted by atomic mass is 10.1. The Morgan fingerprint density at radius 3 is 2.60 bits per heavy atom.